The van der Waals surface area contributed by atoms with E-state index in [1.807, 2.05) is 57.1 Å². The summed E-state index contributed by atoms with van der Waals surface area (Å²) in [5.74, 6) is -0.312. The lowest BCUT2D eigenvalue weighted by Crippen LogP contribution is -2.62. The maximum absolute atomic E-state index is 13.8. The van der Waals surface area contributed by atoms with Gasteiger partial charge in [0.05, 0.1) is 11.7 Å². The smallest absolute Gasteiger partial charge is 0.254 e. The molecule has 1 aromatic heterocycles. The van der Waals surface area contributed by atoms with E-state index in [2.05, 4.69) is 60.2 Å². The third-order valence-electron chi connectivity index (χ3n) is 10.8. The van der Waals surface area contributed by atoms with Crippen molar-refractivity contribution in [2.45, 2.75) is 82.6 Å². The molecule has 3 atom stereocenters. The SMILES string of the molecule is CC1C(C)N(Cc2ccccc2)C(C)CN1C(=O)c1cccc(C(=O)N2CCC(n3cc(C4(c5ccc(F)cc5)CC4)nn3)CC2)c1. The molecule has 0 N–H and O–H groups in total. The molecule has 4 aromatic rings. The number of benzene rings is 3. The highest BCUT2D eigenvalue weighted by atomic mass is 19.1. The van der Waals surface area contributed by atoms with Gasteiger partial charge in [-0.05, 0) is 87.9 Å². The molecule has 9 heteroatoms. The molecule has 0 spiro atoms. The summed E-state index contributed by atoms with van der Waals surface area (Å²) in [5.41, 5.74) is 4.21. The number of carbonyl (C=O) groups excluding carboxylic acids is 2. The van der Waals surface area contributed by atoms with Crippen molar-refractivity contribution in [3.63, 3.8) is 0 Å². The first-order valence-electron chi connectivity index (χ1n) is 16.9. The quantitative estimate of drug-likeness (QED) is 0.246. The zero-order chi connectivity index (χ0) is 32.7. The maximum atomic E-state index is 13.8. The molecule has 7 rings (SSSR count). The monoisotopic (exact) mass is 634 g/mol. The summed E-state index contributed by atoms with van der Waals surface area (Å²) in [4.78, 5) is 33.8. The Bertz CT molecular complexity index is 1730. The van der Waals surface area contributed by atoms with Crippen LogP contribution in [0.1, 0.15) is 90.0 Å². The van der Waals surface area contributed by atoms with Gasteiger partial charge in [0.15, 0.2) is 0 Å². The summed E-state index contributed by atoms with van der Waals surface area (Å²) >= 11 is 0. The third kappa shape index (κ3) is 6.09. The topological polar surface area (TPSA) is 74.6 Å². The molecule has 3 aliphatic rings. The third-order valence-corrected chi connectivity index (χ3v) is 10.8. The Morgan fingerprint density at radius 1 is 0.851 bits per heavy atom. The van der Waals surface area contributed by atoms with E-state index in [4.69, 9.17) is 0 Å². The first-order valence-corrected chi connectivity index (χ1v) is 16.9. The van der Waals surface area contributed by atoms with Gasteiger partial charge in [-0.15, -0.1) is 5.10 Å². The van der Waals surface area contributed by atoms with Crippen molar-refractivity contribution in [2.24, 2.45) is 0 Å². The van der Waals surface area contributed by atoms with Gasteiger partial charge in [0.1, 0.15) is 5.82 Å². The molecule has 3 heterocycles. The van der Waals surface area contributed by atoms with Crippen LogP contribution in [-0.2, 0) is 12.0 Å². The molecular formula is C38H43FN6O2. The number of nitrogens with zero attached hydrogens (tertiary/aromatic N) is 6. The second-order valence-corrected chi connectivity index (χ2v) is 13.7. The van der Waals surface area contributed by atoms with Gasteiger partial charge in [-0.1, -0.05) is 53.7 Å². The number of rotatable bonds is 7. The highest BCUT2D eigenvalue weighted by molar-refractivity contribution is 6.00. The molecule has 0 bridgehead atoms. The van der Waals surface area contributed by atoms with Gasteiger partial charge in [0.25, 0.3) is 11.8 Å². The lowest BCUT2D eigenvalue weighted by Gasteiger charge is -2.49. The van der Waals surface area contributed by atoms with E-state index in [1.165, 1.54) is 17.7 Å². The fourth-order valence-corrected chi connectivity index (χ4v) is 7.58. The van der Waals surface area contributed by atoms with Crippen LogP contribution in [0.2, 0.25) is 0 Å². The number of piperidine rings is 1. The molecule has 3 fully saturated rings. The minimum Gasteiger partial charge on any atom is -0.338 e. The van der Waals surface area contributed by atoms with Crippen molar-refractivity contribution >= 4 is 11.8 Å². The Balaban J connectivity index is 0.973. The maximum Gasteiger partial charge on any atom is 0.254 e. The van der Waals surface area contributed by atoms with Crippen LogP contribution in [0.5, 0.6) is 0 Å². The van der Waals surface area contributed by atoms with Crippen LogP contribution in [0.15, 0.2) is 85.1 Å². The average molecular weight is 635 g/mol. The molecule has 1 saturated carbocycles. The van der Waals surface area contributed by atoms with E-state index in [9.17, 15) is 14.0 Å². The van der Waals surface area contributed by atoms with Gasteiger partial charge in [0, 0.05) is 67.0 Å². The molecule has 2 amide bonds. The normalized spacial score (nSPS) is 23.1. The van der Waals surface area contributed by atoms with Crippen LogP contribution < -0.4 is 0 Å². The van der Waals surface area contributed by atoms with Crippen LogP contribution in [-0.4, -0.2) is 79.3 Å². The van der Waals surface area contributed by atoms with Crippen LogP contribution >= 0.6 is 0 Å². The fraction of sp³-hybridized carbons (Fsp3) is 0.421. The van der Waals surface area contributed by atoms with E-state index in [-0.39, 0.29) is 47.2 Å². The van der Waals surface area contributed by atoms with E-state index < -0.39 is 0 Å². The molecule has 2 saturated heterocycles. The summed E-state index contributed by atoms with van der Waals surface area (Å²) in [6.45, 7) is 9.21. The Kier molecular flexibility index (Phi) is 8.43. The van der Waals surface area contributed by atoms with E-state index in [0.29, 0.717) is 30.8 Å². The van der Waals surface area contributed by atoms with E-state index in [0.717, 1.165) is 43.5 Å². The molecular weight excluding hydrogens is 591 g/mol. The van der Waals surface area contributed by atoms with Crippen LogP contribution in [0, 0.1) is 5.82 Å². The first kappa shape index (κ1) is 31.2. The Morgan fingerprint density at radius 2 is 1.53 bits per heavy atom. The molecule has 3 aromatic carbocycles. The summed E-state index contributed by atoms with van der Waals surface area (Å²) in [6.07, 6.45) is 5.55. The Morgan fingerprint density at radius 3 is 2.21 bits per heavy atom. The van der Waals surface area contributed by atoms with Gasteiger partial charge in [-0.3, -0.25) is 14.5 Å². The molecule has 2 aliphatic heterocycles. The highest BCUT2D eigenvalue weighted by Gasteiger charge is 2.48. The standard InChI is InChI=1S/C38H43FN6O2/c1-26-23-44(28(3)27(2)43(26)24-29-8-5-4-6-9-29)37(47)31-11-7-10-30(22-31)36(46)42-20-16-34(17-21-42)45-25-35(40-41-45)38(18-19-38)32-12-14-33(39)15-13-32/h4-15,22,25-28,34H,16-21,23-24H2,1-3H3. The van der Waals surface area contributed by atoms with Gasteiger partial charge in [0.2, 0.25) is 0 Å². The van der Waals surface area contributed by atoms with Crippen LogP contribution in [0.25, 0.3) is 0 Å². The number of halogens is 1. The summed E-state index contributed by atoms with van der Waals surface area (Å²) in [5, 5.41) is 9.01. The van der Waals surface area contributed by atoms with Crippen molar-refractivity contribution in [1.82, 2.24) is 29.7 Å². The lowest BCUT2D eigenvalue weighted by molar-refractivity contribution is -0.00151. The molecule has 3 unspecified atom stereocenters. The highest BCUT2D eigenvalue weighted by Crippen LogP contribution is 2.52. The predicted octanol–water partition coefficient (Wildman–Crippen LogP) is 6.10. The average Bonchev–Trinajstić information content (AvgIpc) is 3.76. The lowest BCUT2D eigenvalue weighted by atomic mass is 9.93. The molecule has 244 valence electrons. The summed E-state index contributed by atoms with van der Waals surface area (Å²) in [7, 11) is 0. The Labute approximate surface area is 276 Å². The zero-order valence-corrected chi connectivity index (χ0v) is 27.4. The van der Waals surface area contributed by atoms with E-state index >= 15 is 0 Å². The van der Waals surface area contributed by atoms with Crippen molar-refractivity contribution in [1.29, 1.82) is 0 Å². The van der Waals surface area contributed by atoms with Crippen LogP contribution in [0.4, 0.5) is 4.39 Å². The molecule has 1 aliphatic carbocycles. The zero-order valence-electron chi connectivity index (χ0n) is 27.4. The molecule has 47 heavy (non-hydrogen) atoms. The van der Waals surface area contributed by atoms with Crippen molar-refractivity contribution in [3.8, 4) is 0 Å². The number of carbonyl (C=O) groups is 2. The summed E-state index contributed by atoms with van der Waals surface area (Å²) in [6, 6.07) is 25.0. The van der Waals surface area contributed by atoms with Crippen molar-refractivity contribution in [2.75, 3.05) is 19.6 Å². The van der Waals surface area contributed by atoms with Gasteiger partial charge in [-0.25, -0.2) is 9.07 Å². The van der Waals surface area contributed by atoms with Crippen molar-refractivity contribution < 1.29 is 14.0 Å². The molecule has 8 nitrogen and oxygen atoms in total. The first-order chi connectivity index (χ1) is 22.7. The Hall–Kier alpha value is -4.37. The second kappa shape index (κ2) is 12.7. The van der Waals surface area contributed by atoms with Crippen molar-refractivity contribution in [3.05, 3.63) is 119 Å². The summed E-state index contributed by atoms with van der Waals surface area (Å²) < 4.78 is 15.5. The number of likely N-dealkylation sites (tertiary alicyclic amines) is 1. The number of aromatic nitrogens is 3. The van der Waals surface area contributed by atoms with Gasteiger partial charge >= 0.3 is 0 Å². The number of piperazine rings is 1. The number of amides is 2. The van der Waals surface area contributed by atoms with E-state index in [1.54, 1.807) is 6.07 Å². The minimum atomic E-state index is -0.236. The van der Waals surface area contributed by atoms with Crippen LogP contribution in [0.3, 0.4) is 0 Å². The molecule has 0 radical (unpaired) electrons. The second-order valence-electron chi connectivity index (χ2n) is 13.7. The van der Waals surface area contributed by atoms with Gasteiger partial charge < -0.3 is 9.80 Å². The number of hydrogen-bond donors (Lipinski definition) is 0. The predicted molar refractivity (Wildman–Crippen MR) is 178 cm³/mol. The number of hydrogen-bond acceptors (Lipinski definition) is 5. The minimum absolute atomic E-state index is 0.0278. The largest absolute Gasteiger partial charge is 0.338 e. The van der Waals surface area contributed by atoms with Gasteiger partial charge in [-0.2, -0.15) is 0 Å². The fourth-order valence-electron chi connectivity index (χ4n) is 7.58.